The summed E-state index contributed by atoms with van der Waals surface area (Å²) in [6, 6.07) is 22.7. The van der Waals surface area contributed by atoms with E-state index in [1.54, 1.807) is 6.92 Å². The molecule has 0 bridgehead atoms. The SMILES string of the molecule is CCOC(=O)C(Oc1ccc2c(C)c(Cc3ccccc3)c(=O)oc2c1C)c1ccccc1. The molecular formula is C28H26O5. The second-order valence-corrected chi connectivity index (χ2v) is 7.88. The lowest BCUT2D eigenvalue weighted by Gasteiger charge is -2.20. The molecule has 1 atom stereocenters. The van der Waals surface area contributed by atoms with Crippen LogP contribution in [0.15, 0.2) is 82.0 Å². The van der Waals surface area contributed by atoms with Gasteiger partial charge in [0.25, 0.3) is 0 Å². The molecule has 0 spiro atoms. The number of hydrogen-bond donors (Lipinski definition) is 0. The van der Waals surface area contributed by atoms with E-state index in [0.717, 1.165) is 16.5 Å². The normalized spacial score (nSPS) is 11.8. The molecule has 1 unspecified atom stereocenters. The fourth-order valence-corrected chi connectivity index (χ4v) is 3.93. The Hall–Kier alpha value is -3.86. The number of hydrogen-bond acceptors (Lipinski definition) is 5. The van der Waals surface area contributed by atoms with Crippen molar-refractivity contribution in [1.82, 2.24) is 0 Å². The van der Waals surface area contributed by atoms with E-state index >= 15 is 0 Å². The van der Waals surface area contributed by atoms with Gasteiger partial charge in [-0.25, -0.2) is 9.59 Å². The van der Waals surface area contributed by atoms with E-state index in [-0.39, 0.29) is 12.2 Å². The van der Waals surface area contributed by atoms with Gasteiger partial charge in [0, 0.05) is 28.5 Å². The van der Waals surface area contributed by atoms with E-state index in [2.05, 4.69) is 0 Å². The Morgan fingerprint density at radius 3 is 2.24 bits per heavy atom. The number of aryl methyl sites for hydroxylation is 2. The molecule has 0 saturated carbocycles. The fourth-order valence-electron chi connectivity index (χ4n) is 3.93. The van der Waals surface area contributed by atoms with Crippen LogP contribution in [0.25, 0.3) is 11.0 Å². The Kier molecular flexibility index (Phi) is 6.59. The molecule has 0 N–H and O–H groups in total. The maximum atomic E-state index is 12.9. The van der Waals surface area contributed by atoms with Crippen molar-refractivity contribution in [2.45, 2.75) is 33.3 Å². The van der Waals surface area contributed by atoms with Crippen molar-refractivity contribution in [3.8, 4) is 5.75 Å². The molecule has 0 radical (unpaired) electrons. The van der Waals surface area contributed by atoms with Gasteiger partial charge in [-0.15, -0.1) is 0 Å². The number of carbonyl (C=O) groups excluding carboxylic acids is 1. The first kappa shape index (κ1) is 22.3. The lowest BCUT2D eigenvalue weighted by atomic mass is 9.98. The third kappa shape index (κ3) is 4.67. The number of rotatable bonds is 7. The minimum atomic E-state index is -0.924. The Morgan fingerprint density at radius 2 is 1.58 bits per heavy atom. The zero-order chi connectivity index (χ0) is 23.4. The summed E-state index contributed by atoms with van der Waals surface area (Å²) in [7, 11) is 0. The molecule has 4 aromatic rings. The van der Waals surface area contributed by atoms with E-state index in [0.29, 0.717) is 34.4 Å². The maximum Gasteiger partial charge on any atom is 0.352 e. The van der Waals surface area contributed by atoms with Crippen molar-refractivity contribution in [2.75, 3.05) is 6.61 Å². The molecule has 3 aromatic carbocycles. The molecule has 0 amide bonds. The van der Waals surface area contributed by atoms with E-state index in [1.807, 2.05) is 86.6 Å². The molecule has 0 aliphatic heterocycles. The van der Waals surface area contributed by atoms with E-state index in [9.17, 15) is 9.59 Å². The molecule has 168 valence electrons. The molecule has 5 nitrogen and oxygen atoms in total. The molecule has 4 rings (SSSR count). The lowest BCUT2D eigenvalue weighted by Crippen LogP contribution is -2.22. The molecule has 1 aromatic heterocycles. The quantitative estimate of drug-likeness (QED) is 0.272. The molecule has 0 fully saturated rings. The van der Waals surface area contributed by atoms with Gasteiger partial charge in [-0.2, -0.15) is 0 Å². The number of carbonyl (C=O) groups is 1. The summed E-state index contributed by atoms with van der Waals surface area (Å²) in [5.74, 6) is -0.0122. The van der Waals surface area contributed by atoms with Crippen molar-refractivity contribution in [1.29, 1.82) is 0 Å². The van der Waals surface area contributed by atoms with Crippen LogP contribution in [-0.4, -0.2) is 12.6 Å². The van der Waals surface area contributed by atoms with Gasteiger partial charge in [0.2, 0.25) is 6.10 Å². The summed E-state index contributed by atoms with van der Waals surface area (Å²) in [5, 5.41) is 0.845. The predicted molar refractivity (Wildman–Crippen MR) is 128 cm³/mol. The maximum absolute atomic E-state index is 12.9. The van der Waals surface area contributed by atoms with Gasteiger partial charge in [0.1, 0.15) is 11.3 Å². The smallest absolute Gasteiger partial charge is 0.352 e. The first-order chi connectivity index (χ1) is 16.0. The molecule has 5 heteroatoms. The minimum Gasteiger partial charge on any atom is -0.474 e. The molecular weight excluding hydrogens is 416 g/mol. The highest BCUT2D eigenvalue weighted by molar-refractivity contribution is 5.86. The first-order valence-corrected chi connectivity index (χ1v) is 11.0. The molecule has 0 aliphatic carbocycles. The summed E-state index contributed by atoms with van der Waals surface area (Å²) >= 11 is 0. The van der Waals surface area contributed by atoms with Crippen molar-refractivity contribution in [3.05, 3.63) is 111 Å². The van der Waals surface area contributed by atoms with Crippen LogP contribution in [0.2, 0.25) is 0 Å². The predicted octanol–water partition coefficient (Wildman–Crippen LogP) is 5.68. The number of fused-ring (bicyclic) bond motifs is 1. The zero-order valence-corrected chi connectivity index (χ0v) is 19.0. The van der Waals surface area contributed by atoms with Crippen LogP contribution >= 0.6 is 0 Å². The standard InChI is InChI=1S/C28H26O5/c1-4-31-28(30)26(21-13-9-6-10-14-21)32-24-16-15-22-18(2)23(17-20-11-7-5-8-12-20)27(29)33-25(22)19(24)3/h5-16,26H,4,17H2,1-3H3. The van der Waals surface area contributed by atoms with E-state index in [1.165, 1.54) is 0 Å². The second-order valence-electron chi connectivity index (χ2n) is 7.88. The Labute approximate surface area is 192 Å². The summed E-state index contributed by atoms with van der Waals surface area (Å²) in [5.41, 5.74) is 4.00. The van der Waals surface area contributed by atoms with Crippen molar-refractivity contribution in [2.24, 2.45) is 0 Å². The molecule has 0 aliphatic rings. The van der Waals surface area contributed by atoms with Gasteiger partial charge in [-0.05, 0) is 44.0 Å². The number of esters is 1. The van der Waals surface area contributed by atoms with Gasteiger partial charge in [-0.3, -0.25) is 0 Å². The fraction of sp³-hybridized carbons (Fsp3) is 0.214. The highest BCUT2D eigenvalue weighted by Crippen LogP contribution is 2.33. The Balaban J connectivity index is 1.74. The molecule has 1 heterocycles. The van der Waals surface area contributed by atoms with Gasteiger partial charge in [0.15, 0.2) is 0 Å². The van der Waals surface area contributed by atoms with Crippen molar-refractivity contribution >= 4 is 16.9 Å². The topological polar surface area (TPSA) is 65.7 Å². The third-order valence-corrected chi connectivity index (χ3v) is 5.73. The summed E-state index contributed by atoms with van der Waals surface area (Å²) in [6.07, 6.45) is -0.422. The van der Waals surface area contributed by atoms with Crippen LogP contribution < -0.4 is 10.4 Å². The third-order valence-electron chi connectivity index (χ3n) is 5.73. The highest BCUT2D eigenvalue weighted by atomic mass is 16.6. The van der Waals surface area contributed by atoms with Crippen molar-refractivity contribution in [3.63, 3.8) is 0 Å². The van der Waals surface area contributed by atoms with Crippen LogP contribution in [0.3, 0.4) is 0 Å². The zero-order valence-electron chi connectivity index (χ0n) is 19.0. The minimum absolute atomic E-state index is 0.250. The van der Waals surface area contributed by atoms with Crippen LogP contribution in [0, 0.1) is 13.8 Å². The first-order valence-electron chi connectivity index (χ1n) is 11.0. The Bertz CT molecular complexity index is 1320. The van der Waals surface area contributed by atoms with Crippen LogP contribution in [0.1, 0.15) is 40.8 Å². The summed E-state index contributed by atoms with van der Waals surface area (Å²) < 4.78 is 17.1. The van der Waals surface area contributed by atoms with Crippen LogP contribution in [0.4, 0.5) is 0 Å². The Morgan fingerprint density at radius 1 is 0.909 bits per heavy atom. The highest BCUT2D eigenvalue weighted by Gasteiger charge is 2.25. The lowest BCUT2D eigenvalue weighted by molar-refractivity contribution is -0.151. The van der Waals surface area contributed by atoms with Gasteiger partial charge in [0.05, 0.1) is 6.61 Å². The van der Waals surface area contributed by atoms with E-state index < -0.39 is 12.1 Å². The van der Waals surface area contributed by atoms with Gasteiger partial charge < -0.3 is 13.9 Å². The molecule has 33 heavy (non-hydrogen) atoms. The monoisotopic (exact) mass is 442 g/mol. The number of ether oxygens (including phenoxy) is 2. The van der Waals surface area contributed by atoms with Gasteiger partial charge in [-0.1, -0.05) is 60.7 Å². The summed E-state index contributed by atoms with van der Waals surface area (Å²) in [6.45, 7) is 5.76. The average molecular weight is 443 g/mol. The van der Waals surface area contributed by atoms with Crippen molar-refractivity contribution < 1.29 is 18.7 Å². The van der Waals surface area contributed by atoms with Gasteiger partial charge >= 0.3 is 11.6 Å². The largest absolute Gasteiger partial charge is 0.474 e. The number of benzene rings is 3. The van der Waals surface area contributed by atoms with Crippen LogP contribution in [0.5, 0.6) is 5.75 Å². The second kappa shape index (κ2) is 9.74. The molecule has 0 saturated heterocycles. The summed E-state index contributed by atoms with van der Waals surface area (Å²) in [4.78, 5) is 25.5. The van der Waals surface area contributed by atoms with Crippen LogP contribution in [-0.2, 0) is 16.0 Å². The van der Waals surface area contributed by atoms with E-state index in [4.69, 9.17) is 13.9 Å². The average Bonchev–Trinajstić information content (AvgIpc) is 2.83.